The summed E-state index contributed by atoms with van der Waals surface area (Å²) in [6, 6.07) is 0. The Morgan fingerprint density at radius 3 is 2.62 bits per heavy atom. The fourth-order valence-corrected chi connectivity index (χ4v) is 1.87. The Kier molecular flexibility index (Phi) is 5.31. The van der Waals surface area contributed by atoms with Gasteiger partial charge in [0.1, 0.15) is 0 Å². The minimum absolute atomic E-state index is 0.274. The first kappa shape index (κ1) is 10.9. The summed E-state index contributed by atoms with van der Waals surface area (Å²) in [5.41, 5.74) is 0. The molecule has 78 valence electrons. The smallest absolute Gasteiger partial charge is 0.0681 e. The normalized spacial score (nSPS) is 20.8. The molecular formula is C9H20N2O2. The summed E-state index contributed by atoms with van der Waals surface area (Å²) < 4.78 is 0. The summed E-state index contributed by atoms with van der Waals surface area (Å²) >= 11 is 0. The van der Waals surface area contributed by atoms with E-state index in [0.29, 0.717) is 6.61 Å². The number of β-amino-alcohol motifs (C(OH)–C–C–N with tert-alkyl or cyclic N) is 1. The highest BCUT2D eigenvalue weighted by Gasteiger charge is 2.17. The van der Waals surface area contributed by atoms with Crippen molar-refractivity contribution in [3.8, 4) is 0 Å². The number of rotatable bonds is 5. The summed E-state index contributed by atoms with van der Waals surface area (Å²) in [7, 11) is 0. The summed E-state index contributed by atoms with van der Waals surface area (Å²) in [6.07, 6.45) is 3.50. The number of aliphatic hydroxyl groups excluding tert-OH is 1. The van der Waals surface area contributed by atoms with Gasteiger partial charge in [-0.3, -0.25) is 0 Å². The van der Waals surface area contributed by atoms with Crippen molar-refractivity contribution in [1.82, 2.24) is 4.90 Å². The van der Waals surface area contributed by atoms with Crippen LogP contribution in [0.25, 0.3) is 0 Å². The lowest BCUT2D eigenvalue weighted by Crippen LogP contribution is -2.35. The van der Waals surface area contributed by atoms with Crippen molar-refractivity contribution in [1.29, 1.82) is 0 Å². The van der Waals surface area contributed by atoms with Crippen molar-refractivity contribution in [2.24, 2.45) is 11.8 Å². The van der Waals surface area contributed by atoms with Crippen LogP contribution in [0.1, 0.15) is 19.3 Å². The molecule has 1 aliphatic heterocycles. The van der Waals surface area contributed by atoms with Gasteiger partial charge in [-0.25, -0.2) is 5.90 Å². The molecule has 0 unspecified atom stereocenters. The molecule has 0 aromatic heterocycles. The van der Waals surface area contributed by atoms with Crippen LogP contribution in [0.15, 0.2) is 0 Å². The fraction of sp³-hybridized carbons (Fsp3) is 1.00. The molecule has 0 saturated carbocycles. The van der Waals surface area contributed by atoms with E-state index < -0.39 is 0 Å². The van der Waals surface area contributed by atoms with Crippen LogP contribution in [0.4, 0.5) is 0 Å². The average Bonchev–Trinajstić information content (AvgIpc) is 2.17. The zero-order valence-electron chi connectivity index (χ0n) is 8.11. The number of piperidine rings is 1. The van der Waals surface area contributed by atoms with Gasteiger partial charge in [0.05, 0.1) is 13.2 Å². The van der Waals surface area contributed by atoms with E-state index in [0.717, 1.165) is 32.0 Å². The Morgan fingerprint density at radius 2 is 2.08 bits per heavy atom. The number of nitrogens with two attached hydrogens (primary N) is 1. The largest absolute Gasteiger partial charge is 0.395 e. The van der Waals surface area contributed by atoms with E-state index in [1.54, 1.807) is 0 Å². The Morgan fingerprint density at radius 1 is 1.38 bits per heavy atom. The van der Waals surface area contributed by atoms with Crippen LogP contribution in [0.2, 0.25) is 0 Å². The quantitative estimate of drug-likeness (QED) is 0.595. The molecule has 4 heteroatoms. The molecule has 1 rings (SSSR count). The fourth-order valence-electron chi connectivity index (χ4n) is 1.87. The SMILES string of the molecule is NOCCC1CCN(CCO)CC1. The standard InChI is InChI=1S/C9H20N2O2/c10-13-8-3-9-1-4-11(5-2-9)6-7-12/h9,12H,1-8,10H2. The van der Waals surface area contributed by atoms with Gasteiger partial charge in [-0.05, 0) is 38.3 Å². The Balaban J connectivity index is 2.08. The highest BCUT2D eigenvalue weighted by molar-refractivity contribution is 4.71. The second kappa shape index (κ2) is 6.32. The second-order valence-corrected chi connectivity index (χ2v) is 3.67. The lowest BCUT2D eigenvalue weighted by Gasteiger charge is -2.31. The van der Waals surface area contributed by atoms with Gasteiger partial charge in [-0.15, -0.1) is 0 Å². The van der Waals surface area contributed by atoms with Crippen molar-refractivity contribution < 1.29 is 9.94 Å². The molecule has 13 heavy (non-hydrogen) atoms. The molecule has 0 aromatic carbocycles. The lowest BCUT2D eigenvalue weighted by molar-refractivity contribution is 0.0971. The van der Waals surface area contributed by atoms with Crippen LogP contribution in [0, 0.1) is 5.92 Å². The molecule has 1 saturated heterocycles. The zero-order valence-corrected chi connectivity index (χ0v) is 8.11. The molecule has 0 aliphatic carbocycles. The lowest BCUT2D eigenvalue weighted by atomic mass is 9.94. The first-order valence-corrected chi connectivity index (χ1v) is 5.01. The molecule has 1 heterocycles. The molecule has 0 bridgehead atoms. The van der Waals surface area contributed by atoms with Crippen LogP contribution < -0.4 is 5.90 Å². The minimum Gasteiger partial charge on any atom is -0.395 e. The van der Waals surface area contributed by atoms with Gasteiger partial charge in [-0.2, -0.15) is 0 Å². The monoisotopic (exact) mass is 188 g/mol. The third-order valence-corrected chi connectivity index (χ3v) is 2.77. The Bertz CT molecular complexity index is 125. The van der Waals surface area contributed by atoms with Crippen molar-refractivity contribution in [2.45, 2.75) is 19.3 Å². The molecule has 4 nitrogen and oxygen atoms in total. The van der Waals surface area contributed by atoms with Gasteiger partial charge in [0.2, 0.25) is 0 Å². The number of likely N-dealkylation sites (tertiary alicyclic amines) is 1. The van der Waals surface area contributed by atoms with Crippen LogP contribution >= 0.6 is 0 Å². The Labute approximate surface area is 79.6 Å². The van der Waals surface area contributed by atoms with Crippen molar-refractivity contribution in [3.63, 3.8) is 0 Å². The summed E-state index contributed by atoms with van der Waals surface area (Å²) in [5, 5.41) is 8.75. The first-order chi connectivity index (χ1) is 6.36. The first-order valence-electron chi connectivity index (χ1n) is 5.01. The van der Waals surface area contributed by atoms with Crippen molar-refractivity contribution >= 4 is 0 Å². The zero-order chi connectivity index (χ0) is 9.52. The van der Waals surface area contributed by atoms with Gasteiger partial charge in [0.15, 0.2) is 0 Å². The highest BCUT2D eigenvalue weighted by atomic mass is 16.6. The molecular weight excluding hydrogens is 168 g/mol. The molecule has 1 fully saturated rings. The van der Waals surface area contributed by atoms with Gasteiger partial charge in [0.25, 0.3) is 0 Å². The average molecular weight is 188 g/mol. The topological polar surface area (TPSA) is 58.7 Å². The van der Waals surface area contributed by atoms with Crippen LogP contribution in [-0.4, -0.2) is 42.9 Å². The molecule has 1 aliphatic rings. The maximum atomic E-state index is 8.75. The molecule has 0 atom stereocenters. The van der Waals surface area contributed by atoms with E-state index in [2.05, 4.69) is 9.74 Å². The van der Waals surface area contributed by atoms with E-state index in [1.165, 1.54) is 12.8 Å². The van der Waals surface area contributed by atoms with E-state index in [1.807, 2.05) is 0 Å². The summed E-state index contributed by atoms with van der Waals surface area (Å²) in [5.74, 6) is 5.74. The molecule has 0 radical (unpaired) electrons. The molecule has 0 amide bonds. The maximum Gasteiger partial charge on any atom is 0.0681 e. The summed E-state index contributed by atoms with van der Waals surface area (Å²) in [4.78, 5) is 6.87. The second-order valence-electron chi connectivity index (χ2n) is 3.67. The van der Waals surface area contributed by atoms with E-state index in [-0.39, 0.29) is 6.61 Å². The van der Waals surface area contributed by atoms with E-state index in [9.17, 15) is 0 Å². The maximum absolute atomic E-state index is 8.75. The van der Waals surface area contributed by atoms with Crippen LogP contribution in [0.5, 0.6) is 0 Å². The predicted octanol–water partition coefficient (Wildman–Crippen LogP) is -0.0289. The van der Waals surface area contributed by atoms with Gasteiger partial charge in [0, 0.05) is 6.54 Å². The van der Waals surface area contributed by atoms with Crippen molar-refractivity contribution in [3.05, 3.63) is 0 Å². The number of hydrogen-bond acceptors (Lipinski definition) is 4. The third-order valence-electron chi connectivity index (χ3n) is 2.77. The number of nitrogens with zero attached hydrogens (tertiary/aromatic N) is 1. The predicted molar refractivity (Wildman–Crippen MR) is 51.0 cm³/mol. The highest BCUT2D eigenvalue weighted by Crippen LogP contribution is 2.19. The third kappa shape index (κ3) is 4.04. The van der Waals surface area contributed by atoms with Gasteiger partial charge >= 0.3 is 0 Å². The molecule has 3 N–H and O–H groups in total. The molecule has 0 aromatic rings. The summed E-state index contributed by atoms with van der Waals surface area (Å²) in [6.45, 7) is 3.98. The number of hydrogen-bond donors (Lipinski definition) is 2. The number of aliphatic hydroxyl groups is 1. The van der Waals surface area contributed by atoms with E-state index >= 15 is 0 Å². The van der Waals surface area contributed by atoms with Gasteiger partial charge in [-0.1, -0.05) is 0 Å². The van der Waals surface area contributed by atoms with E-state index in [4.69, 9.17) is 11.0 Å². The van der Waals surface area contributed by atoms with Crippen molar-refractivity contribution in [2.75, 3.05) is 32.8 Å². The van der Waals surface area contributed by atoms with Crippen LogP contribution in [0.3, 0.4) is 0 Å². The minimum atomic E-state index is 0.274. The Hall–Kier alpha value is -0.160. The van der Waals surface area contributed by atoms with Gasteiger partial charge < -0.3 is 14.8 Å². The molecule has 0 spiro atoms. The van der Waals surface area contributed by atoms with Crippen LogP contribution in [-0.2, 0) is 4.84 Å².